The zero-order chi connectivity index (χ0) is 30.0. The van der Waals surface area contributed by atoms with Crippen molar-refractivity contribution in [2.75, 3.05) is 24.4 Å². The second kappa shape index (κ2) is 11.7. The predicted molar refractivity (Wildman–Crippen MR) is 166 cm³/mol. The molecule has 0 spiro atoms. The van der Waals surface area contributed by atoms with E-state index in [0.29, 0.717) is 22.1 Å². The SMILES string of the molecule is COC(=O)c1ccc(-n2cccc2[C@@H]2[C@@H](c3ccccn3)NC(=S)N2c2ccc(NC(=O)C(C)(C)C)c(OC)c2)cc1. The number of aromatic nitrogens is 2. The van der Waals surface area contributed by atoms with Crippen LogP contribution >= 0.6 is 12.2 Å². The standard InChI is InChI=1S/C32H33N5O4S/c1-32(2,3)30(39)34-23-16-15-22(19-26(23)40-4)37-28(27(35-31(37)42)24-9-6-7-17-33-24)25-10-8-18-36(25)21-13-11-20(12-14-21)29(38)41-5/h6-19,27-28H,1-5H3,(H,34,39)(H,35,42)/t27-,28-/m1/s1. The Kier molecular flexibility index (Phi) is 8.00. The molecule has 2 aromatic heterocycles. The van der Waals surface area contributed by atoms with E-state index < -0.39 is 11.4 Å². The Morgan fingerprint density at radius 1 is 0.976 bits per heavy atom. The molecule has 1 saturated heterocycles. The van der Waals surface area contributed by atoms with Crippen LogP contribution in [-0.2, 0) is 9.53 Å². The molecule has 216 valence electrons. The van der Waals surface area contributed by atoms with Crippen molar-refractivity contribution in [2.24, 2.45) is 5.41 Å². The number of hydrogen-bond donors (Lipinski definition) is 2. The number of nitrogens with one attached hydrogen (secondary N) is 2. The molecule has 2 N–H and O–H groups in total. The van der Waals surface area contributed by atoms with Crippen LogP contribution in [0.4, 0.5) is 11.4 Å². The number of hydrogen-bond acceptors (Lipinski definition) is 6. The fourth-order valence-electron chi connectivity index (χ4n) is 4.92. The van der Waals surface area contributed by atoms with Gasteiger partial charge in [-0.1, -0.05) is 26.8 Å². The molecule has 9 nitrogen and oxygen atoms in total. The van der Waals surface area contributed by atoms with Gasteiger partial charge in [0.2, 0.25) is 5.91 Å². The molecule has 4 aromatic rings. The number of ether oxygens (including phenoxy) is 2. The van der Waals surface area contributed by atoms with Gasteiger partial charge in [0.1, 0.15) is 11.8 Å². The number of pyridine rings is 1. The average molecular weight is 584 g/mol. The van der Waals surface area contributed by atoms with Gasteiger partial charge in [0.05, 0.1) is 37.2 Å². The molecule has 0 saturated carbocycles. The molecule has 2 atom stereocenters. The summed E-state index contributed by atoms with van der Waals surface area (Å²) < 4.78 is 12.6. The van der Waals surface area contributed by atoms with Crippen molar-refractivity contribution in [2.45, 2.75) is 32.9 Å². The third-order valence-corrected chi connectivity index (χ3v) is 7.46. The monoisotopic (exact) mass is 583 g/mol. The minimum Gasteiger partial charge on any atom is -0.494 e. The fraction of sp³-hybridized carbons (Fsp3) is 0.250. The Hall–Kier alpha value is -4.70. The van der Waals surface area contributed by atoms with Gasteiger partial charge in [0.25, 0.3) is 0 Å². The molecular formula is C32H33N5O4S. The van der Waals surface area contributed by atoms with Crippen molar-refractivity contribution in [3.8, 4) is 11.4 Å². The van der Waals surface area contributed by atoms with Gasteiger partial charge in [0, 0.05) is 40.9 Å². The topological polar surface area (TPSA) is 97.7 Å². The number of rotatable bonds is 7. The van der Waals surface area contributed by atoms with Gasteiger partial charge in [0.15, 0.2) is 5.11 Å². The number of amides is 1. The number of methoxy groups -OCH3 is 2. The lowest BCUT2D eigenvalue weighted by molar-refractivity contribution is -0.123. The zero-order valence-electron chi connectivity index (χ0n) is 24.1. The maximum Gasteiger partial charge on any atom is 0.337 e. The summed E-state index contributed by atoms with van der Waals surface area (Å²) in [5, 5.41) is 6.98. The summed E-state index contributed by atoms with van der Waals surface area (Å²) in [4.78, 5) is 31.4. The molecule has 10 heteroatoms. The largest absolute Gasteiger partial charge is 0.494 e. The third-order valence-electron chi connectivity index (χ3n) is 7.14. The molecule has 0 bridgehead atoms. The quantitative estimate of drug-likeness (QED) is 0.207. The molecule has 2 aromatic carbocycles. The third kappa shape index (κ3) is 5.58. The summed E-state index contributed by atoms with van der Waals surface area (Å²) in [6.45, 7) is 5.58. The first-order chi connectivity index (χ1) is 20.1. The van der Waals surface area contributed by atoms with Crippen LogP contribution in [-0.4, -0.2) is 40.8 Å². The lowest BCUT2D eigenvalue weighted by Gasteiger charge is -2.29. The summed E-state index contributed by atoms with van der Waals surface area (Å²) in [6.07, 6.45) is 3.74. The highest BCUT2D eigenvalue weighted by molar-refractivity contribution is 7.80. The molecule has 0 aliphatic carbocycles. The van der Waals surface area contributed by atoms with Crippen LogP contribution in [0.2, 0.25) is 0 Å². The highest BCUT2D eigenvalue weighted by Crippen LogP contribution is 2.44. The fourth-order valence-corrected chi connectivity index (χ4v) is 5.27. The Bertz CT molecular complexity index is 1610. The van der Waals surface area contributed by atoms with E-state index in [1.807, 2.05) is 92.5 Å². The Morgan fingerprint density at radius 3 is 2.36 bits per heavy atom. The molecule has 0 radical (unpaired) electrons. The van der Waals surface area contributed by atoms with E-state index in [0.717, 1.165) is 22.8 Å². The molecule has 42 heavy (non-hydrogen) atoms. The van der Waals surface area contributed by atoms with E-state index in [1.54, 1.807) is 25.4 Å². The lowest BCUT2D eigenvalue weighted by atomic mass is 9.95. The second-order valence-corrected chi connectivity index (χ2v) is 11.3. The van der Waals surface area contributed by atoms with E-state index in [2.05, 4.69) is 20.2 Å². The van der Waals surface area contributed by atoms with Crippen molar-refractivity contribution >= 4 is 40.6 Å². The molecule has 5 rings (SSSR count). The number of carbonyl (C=O) groups excluding carboxylic acids is 2. The predicted octanol–water partition coefficient (Wildman–Crippen LogP) is 5.83. The van der Waals surface area contributed by atoms with E-state index in [-0.39, 0.29) is 18.0 Å². The lowest BCUT2D eigenvalue weighted by Crippen LogP contribution is -2.30. The van der Waals surface area contributed by atoms with Crippen molar-refractivity contribution in [1.29, 1.82) is 0 Å². The summed E-state index contributed by atoms with van der Waals surface area (Å²) in [5.74, 6) is 0.00913. The summed E-state index contributed by atoms with van der Waals surface area (Å²) in [7, 11) is 2.94. The first kappa shape index (κ1) is 28.8. The smallest absolute Gasteiger partial charge is 0.337 e. The molecule has 1 aliphatic rings. The van der Waals surface area contributed by atoms with Crippen LogP contribution in [0, 0.1) is 5.41 Å². The van der Waals surface area contributed by atoms with Crippen LogP contribution < -0.4 is 20.3 Å². The van der Waals surface area contributed by atoms with Crippen molar-refractivity contribution in [3.63, 3.8) is 0 Å². The minimum absolute atomic E-state index is 0.115. The molecule has 1 amide bonds. The second-order valence-electron chi connectivity index (χ2n) is 10.9. The Labute approximate surface area is 250 Å². The number of carbonyl (C=O) groups is 2. The van der Waals surface area contributed by atoms with E-state index in [9.17, 15) is 9.59 Å². The molecular weight excluding hydrogens is 550 g/mol. The zero-order valence-corrected chi connectivity index (χ0v) is 24.9. The number of thiocarbonyl (C=S) groups is 1. The van der Waals surface area contributed by atoms with E-state index in [4.69, 9.17) is 21.7 Å². The van der Waals surface area contributed by atoms with Crippen molar-refractivity contribution in [1.82, 2.24) is 14.9 Å². The van der Waals surface area contributed by atoms with Crippen LogP contribution in [0.5, 0.6) is 5.75 Å². The molecule has 3 heterocycles. The molecule has 0 unspecified atom stereocenters. The maximum atomic E-state index is 12.7. The summed E-state index contributed by atoms with van der Waals surface area (Å²) >= 11 is 5.92. The van der Waals surface area contributed by atoms with Gasteiger partial charge >= 0.3 is 5.97 Å². The maximum absolute atomic E-state index is 12.7. The summed E-state index contributed by atoms with van der Waals surface area (Å²) in [6, 6.07) is 22.1. The highest BCUT2D eigenvalue weighted by Gasteiger charge is 2.42. The first-order valence-electron chi connectivity index (χ1n) is 13.5. The Balaban J connectivity index is 1.59. The molecule has 1 fully saturated rings. The van der Waals surface area contributed by atoms with Gasteiger partial charge in [-0.25, -0.2) is 4.79 Å². The van der Waals surface area contributed by atoms with Crippen molar-refractivity contribution < 1.29 is 19.1 Å². The van der Waals surface area contributed by atoms with E-state index in [1.165, 1.54) is 7.11 Å². The normalized spacial score (nSPS) is 16.6. The number of anilines is 2. The van der Waals surface area contributed by atoms with Gasteiger partial charge in [-0.3, -0.25) is 9.78 Å². The minimum atomic E-state index is -0.564. The number of nitrogens with zero attached hydrogens (tertiary/aromatic N) is 3. The first-order valence-corrected chi connectivity index (χ1v) is 13.9. The van der Waals surface area contributed by atoms with Gasteiger partial charge in [-0.2, -0.15) is 0 Å². The number of benzene rings is 2. The molecule has 1 aliphatic heterocycles. The van der Waals surface area contributed by atoms with Crippen LogP contribution in [0.1, 0.15) is 54.6 Å². The summed E-state index contributed by atoms with van der Waals surface area (Å²) in [5.41, 5.74) is 3.93. The van der Waals surface area contributed by atoms with Gasteiger partial charge in [-0.15, -0.1) is 0 Å². The van der Waals surface area contributed by atoms with Crippen LogP contribution in [0.25, 0.3) is 5.69 Å². The highest BCUT2D eigenvalue weighted by atomic mass is 32.1. The van der Waals surface area contributed by atoms with Crippen LogP contribution in [0.3, 0.4) is 0 Å². The van der Waals surface area contributed by atoms with Crippen molar-refractivity contribution in [3.05, 3.63) is 102 Å². The van der Waals surface area contributed by atoms with Gasteiger partial charge < -0.3 is 29.6 Å². The number of esters is 1. The van der Waals surface area contributed by atoms with Crippen LogP contribution in [0.15, 0.2) is 85.2 Å². The Morgan fingerprint density at radius 2 is 1.71 bits per heavy atom. The van der Waals surface area contributed by atoms with E-state index >= 15 is 0 Å². The average Bonchev–Trinajstić information content (AvgIpc) is 3.61. The van der Waals surface area contributed by atoms with Gasteiger partial charge in [-0.05, 0) is 72.9 Å².